The van der Waals surface area contributed by atoms with Crippen LogP contribution in [0, 0.1) is 13.8 Å². The van der Waals surface area contributed by atoms with E-state index in [-0.39, 0.29) is 11.8 Å². The number of aryl methyl sites for hydroxylation is 2. The van der Waals surface area contributed by atoms with E-state index in [1.807, 2.05) is 11.8 Å². The third kappa shape index (κ3) is 3.63. The second-order valence-corrected chi connectivity index (χ2v) is 7.32. The number of carbonyl (C=O) groups excluding carboxylic acids is 1. The minimum atomic E-state index is 0.0563. The molecule has 0 radical (unpaired) electrons. The van der Waals surface area contributed by atoms with Gasteiger partial charge in [0.1, 0.15) is 0 Å². The van der Waals surface area contributed by atoms with Gasteiger partial charge in [0.25, 0.3) is 5.91 Å². The molecule has 1 saturated heterocycles. The van der Waals surface area contributed by atoms with E-state index in [2.05, 4.69) is 59.6 Å². The SMILES string of the molecule is Cc1cccc(-c2cccc([C@@H]3CCCN(C(=O)c4cn[nH]c4C)C3)n2)c1. The van der Waals surface area contributed by atoms with Gasteiger partial charge in [-0.3, -0.25) is 14.9 Å². The van der Waals surface area contributed by atoms with Crippen LogP contribution in [-0.2, 0) is 0 Å². The highest BCUT2D eigenvalue weighted by Crippen LogP contribution is 2.28. The van der Waals surface area contributed by atoms with Crippen LogP contribution in [0.4, 0.5) is 0 Å². The van der Waals surface area contributed by atoms with Gasteiger partial charge in [-0.15, -0.1) is 0 Å². The summed E-state index contributed by atoms with van der Waals surface area (Å²) in [5.41, 5.74) is 5.90. The number of carbonyl (C=O) groups is 1. The van der Waals surface area contributed by atoms with Gasteiger partial charge < -0.3 is 4.90 Å². The Labute approximate surface area is 159 Å². The van der Waals surface area contributed by atoms with E-state index < -0.39 is 0 Å². The number of pyridine rings is 1. The predicted octanol–water partition coefficient (Wildman–Crippen LogP) is 4.11. The fraction of sp³-hybridized carbons (Fsp3) is 0.318. The summed E-state index contributed by atoms with van der Waals surface area (Å²) >= 11 is 0. The summed E-state index contributed by atoms with van der Waals surface area (Å²) in [6.07, 6.45) is 3.67. The maximum absolute atomic E-state index is 12.8. The molecule has 1 aromatic carbocycles. The van der Waals surface area contributed by atoms with E-state index in [1.165, 1.54) is 5.56 Å². The van der Waals surface area contributed by atoms with Gasteiger partial charge in [-0.1, -0.05) is 29.8 Å². The highest BCUT2D eigenvalue weighted by molar-refractivity contribution is 5.95. The second-order valence-electron chi connectivity index (χ2n) is 7.32. The van der Waals surface area contributed by atoms with Crippen molar-refractivity contribution in [3.05, 3.63) is 71.2 Å². The van der Waals surface area contributed by atoms with E-state index in [1.54, 1.807) is 6.20 Å². The molecule has 2 aromatic heterocycles. The van der Waals surface area contributed by atoms with E-state index >= 15 is 0 Å². The molecule has 27 heavy (non-hydrogen) atoms. The zero-order valence-corrected chi connectivity index (χ0v) is 15.8. The van der Waals surface area contributed by atoms with Gasteiger partial charge >= 0.3 is 0 Å². The maximum atomic E-state index is 12.8. The average molecular weight is 360 g/mol. The van der Waals surface area contributed by atoms with Crippen LogP contribution in [0.15, 0.2) is 48.7 Å². The summed E-state index contributed by atoms with van der Waals surface area (Å²) in [6, 6.07) is 14.6. The first-order valence-electron chi connectivity index (χ1n) is 9.45. The Hall–Kier alpha value is -2.95. The molecule has 0 aliphatic carbocycles. The van der Waals surface area contributed by atoms with Crippen molar-refractivity contribution in [2.75, 3.05) is 13.1 Å². The minimum absolute atomic E-state index is 0.0563. The van der Waals surface area contributed by atoms with Crippen LogP contribution >= 0.6 is 0 Å². The highest BCUT2D eigenvalue weighted by Gasteiger charge is 2.27. The lowest BCUT2D eigenvalue weighted by atomic mass is 9.93. The molecule has 1 fully saturated rings. The van der Waals surface area contributed by atoms with Crippen molar-refractivity contribution < 1.29 is 4.79 Å². The number of aromatic amines is 1. The summed E-state index contributed by atoms with van der Waals surface area (Å²) < 4.78 is 0. The predicted molar refractivity (Wildman–Crippen MR) is 106 cm³/mol. The van der Waals surface area contributed by atoms with E-state index in [0.29, 0.717) is 12.1 Å². The average Bonchev–Trinajstić information content (AvgIpc) is 3.13. The summed E-state index contributed by atoms with van der Waals surface area (Å²) in [5, 5.41) is 6.83. The van der Waals surface area contributed by atoms with Crippen molar-refractivity contribution in [3.63, 3.8) is 0 Å². The fourth-order valence-corrected chi connectivity index (χ4v) is 3.78. The molecule has 5 heteroatoms. The molecule has 0 unspecified atom stereocenters. The Balaban J connectivity index is 1.56. The van der Waals surface area contributed by atoms with Crippen LogP contribution in [0.1, 0.15) is 46.1 Å². The maximum Gasteiger partial charge on any atom is 0.257 e. The zero-order chi connectivity index (χ0) is 18.8. The number of hydrogen-bond acceptors (Lipinski definition) is 3. The van der Waals surface area contributed by atoms with Crippen molar-refractivity contribution in [2.45, 2.75) is 32.6 Å². The molecule has 0 bridgehead atoms. The van der Waals surface area contributed by atoms with Crippen LogP contribution in [0.25, 0.3) is 11.3 Å². The van der Waals surface area contributed by atoms with Crippen LogP contribution < -0.4 is 0 Å². The lowest BCUT2D eigenvalue weighted by Gasteiger charge is -2.32. The van der Waals surface area contributed by atoms with Gasteiger partial charge in [0.05, 0.1) is 17.5 Å². The number of nitrogens with one attached hydrogen (secondary N) is 1. The minimum Gasteiger partial charge on any atom is -0.338 e. The number of piperidine rings is 1. The van der Waals surface area contributed by atoms with Gasteiger partial charge in [0.15, 0.2) is 0 Å². The summed E-state index contributed by atoms with van der Waals surface area (Å²) in [5.74, 6) is 0.320. The molecule has 1 aliphatic heterocycles. The first kappa shape index (κ1) is 17.5. The molecule has 3 heterocycles. The molecule has 5 nitrogen and oxygen atoms in total. The quantitative estimate of drug-likeness (QED) is 0.765. The smallest absolute Gasteiger partial charge is 0.257 e. The highest BCUT2D eigenvalue weighted by atomic mass is 16.2. The molecule has 1 atom stereocenters. The Morgan fingerprint density at radius 1 is 1.19 bits per heavy atom. The van der Waals surface area contributed by atoms with Crippen molar-refractivity contribution in [3.8, 4) is 11.3 Å². The summed E-state index contributed by atoms with van der Waals surface area (Å²) in [7, 11) is 0. The monoisotopic (exact) mass is 360 g/mol. The van der Waals surface area contributed by atoms with Gasteiger partial charge in [0, 0.05) is 36.0 Å². The third-order valence-corrected chi connectivity index (χ3v) is 5.27. The molecule has 1 amide bonds. The van der Waals surface area contributed by atoms with Crippen molar-refractivity contribution >= 4 is 5.91 Å². The summed E-state index contributed by atoms with van der Waals surface area (Å²) in [6.45, 7) is 5.47. The number of H-pyrrole nitrogens is 1. The Morgan fingerprint density at radius 3 is 2.81 bits per heavy atom. The molecule has 138 valence electrons. The lowest BCUT2D eigenvalue weighted by molar-refractivity contribution is 0.0705. The molecular weight excluding hydrogens is 336 g/mol. The largest absolute Gasteiger partial charge is 0.338 e. The van der Waals surface area contributed by atoms with Crippen molar-refractivity contribution in [1.82, 2.24) is 20.1 Å². The fourth-order valence-electron chi connectivity index (χ4n) is 3.78. The van der Waals surface area contributed by atoms with Crippen LogP contribution in [0.5, 0.6) is 0 Å². The first-order chi connectivity index (χ1) is 13.1. The van der Waals surface area contributed by atoms with Gasteiger partial charge in [-0.05, 0) is 44.9 Å². The standard InChI is InChI=1S/C22H24N4O/c1-15-6-3-7-17(12-15)20-9-4-10-21(24-20)18-8-5-11-26(14-18)22(27)19-13-23-25-16(19)2/h3-4,6-7,9-10,12-13,18H,5,8,11,14H2,1-2H3,(H,23,25)/t18-/m1/s1. The van der Waals surface area contributed by atoms with Crippen LogP contribution in [-0.4, -0.2) is 39.1 Å². The molecule has 0 spiro atoms. The Kier molecular flexibility index (Phi) is 4.75. The number of nitrogens with zero attached hydrogens (tertiary/aromatic N) is 3. The van der Waals surface area contributed by atoms with Crippen LogP contribution in [0.3, 0.4) is 0 Å². The molecule has 3 aromatic rings. The zero-order valence-electron chi connectivity index (χ0n) is 15.8. The second kappa shape index (κ2) is 7.35. The van der Waals surface area contributed by atoms with Gasteiger partial charge in [0.2, 0.25) is 0 Å². The van der Waals surface area contributed by atoms with Crippen molar-refractivity contribution in [2.24, 2.45) is 0 Å². The number of hydrogen-bond donors (Lipinski definition) is 1. The topological polar surface area (TPSA) is 61.9 Å². The Bertz CT molecular complexity index is 962. The van der Waals surface area contributed by atoms with Crippen molar-refractivity contribution in [1.29, 1.82) is 0 Å². The molecular formula is C22H24N4O. The molecule has 4 rings (SSSR count). The molecule has 1 aliphatic rings. The lowest BCUT2D eigenvalue weighted by Crippen LogP contribution is -2.39. The van der Waals surface area contributed by atoms with E-state index in [9.17, 15) is 4.79 Å². The number of amides is 1. The normalized spacial score (nSPS) is 17.1. The third-order valence-electron chi connectivity index (χ3n) is 5.27. The van der Waals surface area contributed by atoms with Gasteiger partial charge in [-0.2, -0.15) is 5.10 Å². The molecule has 0 saturated carbocycles. The number of rotatable bonds is 3. The number of benzene rings is 1. The van der Waals surface area contributed by atoms with Gasteiger partial charge in [-0.25, -0.2) is 0 Å². The van der Waals surface area contributed by atoms with Crippen LogP contribution in [0.2, 0.25) is 0 Å². The Morgan fingerprint density at radius 2 is 2.04 bits per heavy atom. The van der Waals surface area contributed by atoms with E-state index in [0.717, 1.165) is 42.0 Å². The van der Waals surface area contributed by atoms with E-state index in [4.69, 9.17) is 4.98 Å². The summed E-state index contributed by atoms with van der Waals surface area (Å²) in [4.78, 5) is 19.7. The molecule has 1 N–H and O–H groups in total. The number of likely N-dealkylation sites (tertiary alicyclic amines) is 1. The first-order valence-corrected chi connectivity index (χ1v) is 9.45. The number of aromatic nitrogens is 3.